The quantitative estimate of drug-likeness (QED) is 0.777. The van der Waals surface area contributed by atoms with Crippen LogP contribution >= 0.6 is 11.8 Å². The first kappa shape index (κ1) is 18.0. The first-order chi connectivity index (χ1) is 11.4. The number of anilines is 1. The molecule has 1 fully saturated rings. The third kappa shape index (κ3) is 4.14. The van der Waals surface area contributed by atoms with E-state index in [-0.39, 0.29) is 19.4 Å². The summed E-state index contributed by atoms with van der Waals surface area (Å²) in [6.07, 6.45) is 0.338. The van der Waals surface area contributed by atoms with Gasteiger partial charge >= 0.3 is 5.97 Å². The molecular weight excluding hydrogens is 332 g/mol. The van der Waals surface area contributed by atoms with Gasteiger partial charge in [0.15, 0.2) is 0 Å². The van der Waals surface area contributed by atoms with Gasteiger partial charge in [0, 0.05) is 13.0 Å². The zero-order valence-corrected chi connectivity index (χ0v) is 14.0. The van der Waals surface area contributed by atoms with Crippen LogP contribution in [-0.4, -0.2) is 39.9 Å². The number of carbonyl (C=O) groups is 4. The molecule has 128 valence electrons. The number of carbonyl (C=O) groups excluding carboxylic acids is 3. The average molecular weight is 350 g/mol. The Kier molecular flexibility index (Phi) is 5.97. The van der Waals surface area contributed by atoms with Gasteiger partial charge in [-0.1, -0.05) is 25.1 Å². The van der Waals surface area contributed by atoms with Crippen molar-refractivity contribution in [3.8, 4) is 0 Å². The number of carboxylic acids is 1. The molecule has 0 spiro atoms. The summed E-state index contributed by atoms with van der Waals surface area (Å²) >= 11 is 0.824. The Morgan fingerprint density at radius 2 is 2.00 bits per heavy atom. The summed E-state index contributed by atoms with van der Waals surface area (Å²) in [5, 5.41) is 9.79. The van der Waals surface area contributed by atoms with Crippen LogP contribution in [0, 0.1) is 0 Å². The van der Waals surface area contributed by atoms with E-state index in [0.717, 1.165) is 22.2 Å². The average Bonchev–Trinajstić information content (AvgIpc) is 2.80. The van der Waals surface area contributed by atoms with E-state index >= 15 is 0 Å². The molecule has 1 aliphatic rings. The molecule has 1 saturated heterocycles. The van der Waals surface area contributed by atoms with Crippen LogP contribution in [0.25, 0.3) is 0 Å². The summed E-state index contributed by atoms with van der Waals surface area (Å²) in [4.78, 5) is 48.1. The van der Waals surface area contributed by atoms with Crippen molar-refractivity contribution in [3.63, 3.8) is 0 Å². The first-order valence-electron chi connectivity index (χ1n) is 7.55. The van der Waals surface area contributed by atoms with Crippen LogP contribution < -0.4 is 10.2 Å². The number of amides is 3. The van der Waals surface area contributed by atoms with Gasteiger partial charge in [0.1, 0.15) is 5.25 Å². The highest BCUT2D eigenvalue weighted by Gasteiger charge is 2.42. The lowest BCUT2D eigenvalue weighted by molar-refractivity contribution is -0.137. The summed E-state index contributed by atoms with van der Waals surface area (Å²) in [6, 6.07) is 7.16. The van der Waals surface area contributed by atoms with Crippen molar-refractivity contribution in [1.82, 2.24) is 5.32 Å². The Morgan fingerprint density at radius 3 is 2.67 bits per heavy atom. The Labute approximate surface area is 143 Å². The van der Waals surface area contributed by atoms with Crippen molar-refractivity contribution in [2.45, 2.75) is 31.4 Å². The number of aliphatic carboxylic acids is 1. The third-order valence-electron chi connectivity index (χ3n) is 3.57. The van der Waals surface area contributed by atoms with Gasteiger partial charge in [0.2, 0.25) is 11.8 Å². The maximum Gasteiger partial charge on any atom is 0.305 e. The summed E-state index contributed by atoms with van der Waals surface area (Å²) in [5.74, 6) is -1.88. The molecule has 0 saturated carbocycles. The van der Waals surface area contributed by atoms with Crippen molar-refractivity contribution in [2.75, 3.05) is 11.4 Å². The van der Waals surface area contributed by atoms with Gasteiger partial charge in [-0.05, 0) is 29.8 Å². The topological polar surface area (TPSA) is 104 Å². The summed E-state index contributed by atoms with van der Waals surface area (Å²) in [6.45, 7) is 1.93. The van der Waals surface area contributed by atoms with E-state index in [1.54, 1.807) is 12.1 Å². The molecule has 1 aromatic carbocycles. The second kappa shape index (κ2) is 7.96. The van der Waals surface area contributed by atoms with Crippen molar-refractivity contribution >= 4 is 40.5 Å². The SMILES string of the molecule is CCc1ccccc1N1C(=O)SC(CC(=O)NCCC(=O)O)C1=O. The van der Waals surface area contributed by atoms with Crippen LogP contribution in [0.5, 0.6) is 0 Å². The molecule has 2 N–H and O–H groups in total. The molecule has 1 aliphatic heterocycles. The molecule has 0 bridgehead atoms. The molecule has 1 unspecified atom stereocenters. The minimum Gasteiger partial charge on any atom is -0.481 e. The van der Waals surface area contributed by atoms with Crippen LogP contribution in [0.15, 0.2) is 24.3 Å². The van der Waals surface area contributed by atoms with Gasteiger partial charge in [0.05, 0.1) is 12.1 Å². The number of para-hydroxylation sites is 1. The molecule has 8 heteroatoms. The lowest BCUT2D eigenvalue weighted by Crippen LogP contribution is -2.35. The molecule has 1 aromatic rings. The molecule has 1 atom stereocenters. The predicted octanol–water partition coefficient (Wildman–Crippen LogP) is 1.80. The fourth-order valence-corrected chi connectivity index (χ4v) is 3.36. The number of nitrogens with zero attached hydrogens (tertiary/aromatic N) is 1. The number of carboxylic acid groups (broad SMARTS) is 1. The molecule has 0 aliphatic carbocycles. The number of thioether (sulfide) groups is 1. The van der Waals surface area contributed by atoms with Crippen molar-refractivity contribution in [1.29, 1.82) is 0 Å². The minimum absolute atomic E-state index is 0.00390. The van der Waals surface area contributed by atoms with Gasteiger partial charge in [0.25, 0.3) is 5.24 Å². The smallest absolute Gasteiger partial charge is 0.305 e. The van der Waals surface area contributed by atoms with E-state index in [2.05, 4.69) is 5.32 Å². The number of nitrogens with one attached hydrogen (secondary N) is 1. The number of hydrogen-bond acceptors (Lipinski definition) is 5. The number of benzene rings is 1. The van der Waals surface area contributed by atoms with Gasteiger partial charge in [-0.15, -0.1) is 0 Å². The zero-order valence-electron chi connectivity index (χ0n) is 13.2. The Hall–Kier alpha value is -2.35. The highest BCUT2D eigenvalue weighted by Crippen LogP contribution is 2.35. The van der Waals surface area contributed by atoms with Crippen molar-refractivity contribution in [3.05, 3.63) is 29.8 Å². The fourth-order valence-electron chi connectivity index (χ4n) is 2.38. The summed E-state index contributed by atoms with van der Waals surface area (Å²) in [7, 11) is 0. The Bertz CT molecular complexity index is 676. The van der Waals surface area contributed by atoms with Crippen molar-refractivity contribution < 1.29 is 24.3 Å². The number of rotatable bonds is 7. The normalized spacial score (nSPS) is 17.2. The minimum atomic E-state index is -1.01. The number of imide groups is 1. The van der Waals surface area contributed by atoms with Gasteiger partial charge < -0.3 is 10.4 Å². The monoisotopic (exact) mass is 350 g/mol. The first-order valence-corrected chi connectivity index (χ1v) is 8.43. The summed E-state index contributed by atoms with van der Waals surface area (Å²) < 4.78 is 0. The predicted molar refractivity (Wildman–Crippen MR) is 90.0 cm³/mol. The van der Waals surface area contributed by atoms with Gasteiger partial charge in [-0.3, -0.25) is 19.2 Å². The Balaban J connectivity index is 2.03. The van der Waals surface area contributed by atoms with Crippen LogP contribution in [0.4, 0.5) is 10.5 Å². The fraction of sp³-hybridized carbons (Fsp3) is 0.375. The molecule has 7 nitrogen and oxygen atoms in total. The Morgan fingerprint density at radius 1 is 1.29 bits per heavy atom. The molecule has 3 amide bonds. The summed E-state index contributed by atoms with van der Waals surface area (Å²) in [5.41, 5.74) is 1.43. The van der Waals surface area contributed by atoms with Crippen LogP contribution in [0.1, 0.15) is 25.3 Å². The maximum absolute atomic E-state index is 12.5. The maximum atomic E-state index is 12.5. The zero-order chi connectivity index (χ0) is 17.7. The largest absolute Gasteiger partial charge is 0.481 e. The molecule has 0 aromatic heterocycles. The lowest BCUT2D eigenvalue weighted by Gasteiger charge is -2.17. The van der Waals surface area contributed by atoms with E-state index in [0.29, 0.717) is 12.1 Å². The van der Waals surface area contributed by atoms with Crippen LogP contribution in [-0.2, 0) is 20.8 Å². The lowest BCUT2D eigenvalue weighted by atomic mass is 10.1. The number of hydrogen-bond donors (Lipinski definition) is 2. The second-order valence-electron chi connectivity index (χ2n) is 5.23. The van der Waals surface area contributed by atoms with Crippen LogP contribution in [0.3, 0.4) is 0 Å². The van der Waals surface area contributed by atoms with E-state index in [4.69, 9.17) is 5.11 Å². The molecule has 0 radical (unpaired) electrons. The van der Waals surface area contributed by atoms with Crippen LogP contribution in [0.2, 0.25) is 0 Å². The van der Waals surface area contributed by atoms with Gasteiger partial charge in [-0.25, -0.2) is 4.90 Å². The molecule has 2 rings (SSSR count). The van der Waals surface area contributed by atoms with Crippen molar-refractivity contribution in [2.24, 2.45) is 0 Å². The highest BCUT2D eigenvalue weighted by molar-refractivity contribution is 8.15. The highest BCUT2D eigenvalue weighted by atomic mass is 32.2. The van der Waals surface area contributed by atoms with Gasteiger partial charge in [-0.2, -0.15) is 0 Å². The molecule has 1 heterocycles. The third-order valence-corrected chi connectivity index (χ3v) is 4.60. The second-order valence-corrected chi connectivity index (χ2v) is 6.38. The van der Waals surface area contributed by atoms with E-state index in [1.807, 2.05) is 19.1 Å². The number of aryl methyl sites for hydroxylation is 1. The van der Waals surface area contributed by atoms with E-state index < -0.39 is 28.3 Å². The van der Waals surface area contributed by atoms with E-state index in [9.17, 15) is 19.2 Å². The molecule has 24 heavy (non-hydrogen) atoms. The standard InChI is InChI=1S/C16H18N2O5S/c1-2-10-5-3-4-6-11(10)18-15(22)12(24-16(18)23)9-13(19)17-8-7-14(20)21/h3-6,12H,2,7-9H2,1H3,(H,17,19)(H,20,21). The molecular formula is C16H18N2O5S. The van der Waals surface area contributed by atoms with E-state index in [1.165, 1.54) is 0 Å².